The van der Waals surface area contributed by atoms with Gasteiger partial charge in [0.15, 0.2) is 0 Å². The van der Waals surface area contributed by atoms with Crippen LogP contribution in [0.2, 0.25) is 0 Å². The molecule has 5 aromatic carbocycles. The Bertz CT molecular complexity index is 2120. The van der Waals surface area contributed by atoms with Gasteiger partial charge in [0.25, 0.3) is 0 Å². The second-order valence-corrected chi connectivity index (χ2v) is 13.3. The zero-order chi connectivity index (χ0) is 30.6. The number of nitrogens with zero attached hydrogens (tertiary/aromatic N) is 1. The van der Waals surface area contributed by atoms with E-state index in [-0.39, 0.29) is 0 Å². The number of hydrogen-bond donors (Lipinski definition) is 0. The molecule has 4 nitrogen and oxygen atoms in total. The first kappa shape index (κ1) is 26.7. The third-order valence-corrected chi connectivity index (χ3v) is 10.5. The van der Waals surface area contributed by atoms with Gasteiger partial charge in [-0.1, -0.05) is 109 Å². The van der Waals surface area contributed by atoms with Crippen LogP contribution in [-0.4, -0.2) is 23.3 Å². The van der Waals surface area contributed by atoms with E-state index < -0.39 is 23.7 Å². The molecule has 5 heteroatoms. The van der Waals surface area contributed by atoms with E-state index in [2.05, 4.69) is 137 Å². The van der Waals surface area contributed by atoms with Crippen LogP contribution in [-0.2, 0) is 14.7 Å². The average Bonchev–Trinajstić information content (AvgIpc) is 3.47. The molecule has 218 valence electrons. The predicted molar refractivity (Wildman–Crippen MR) is 180 cm³/mol. The highest BCUT2D eigenvalue weighted by Gasteiger charge is 2.56. The Hall–Kier alpha value is -4.71. The van der Waals surface area contributed by atoms with E-state index in [1.54, 1.807) is 0 Å². The van der Waals surface area contributed by atoms with E-state index in [9.17, 15) is 0 Å². The highest BCUT2D eigenvalue weighted by molar-refractivity contribution is 6.63. The summed E-state index contributed by atoms with van der Waals surface area (Å²) in [4.78, 5) is 4.83. The Kier molecular flexibility index (Phi) is 5.43. The SMILES string of the molecule is CC1(C)OB(c2cccc3c2Oc2c(-c4cccc5cccnc45)cccc2C32c3ccccc3-c3ccccc32)OC1(C)C. The fourth-order valence-electron chi connectivity index (χ4n) is 7.66. The van der Waals surface area contributed by atoms with Crippen LogP contribution in [0.15, 0.2) is 121 Å². The van der Waals surface area contributed by atoms with Gasteiger partial charge in [-0.15, -0.1) is 0 Å². The first-order chi connectivity index (χ1) is 21.8. The van der Waals surface area contributed by atoms with Gasteiger partial charge in [-0.25, -0.2) is 0 Å². The van der Waals surface area contributed by atoms with Crippen molar-refractivity contribution in [1.82, 2.24) is 4.98 Å². The molecule has 0 bridgehead atoms. The maximum atomic E-state index is 7.22. The molecule has 0 saturated carbocycles. The maximum Gasteiger partial charge on any atom is 0.498 e. The van der Waals surface area contributed by atoms with Crippen LogP contribution in [0, 0.1) is 0 Å². The Morgan fingerprint density at radius 2 is 1.04 bits per heavy atom. The molecule has 9 rings (SSSR count). The van der Waals surface area contributed by atoms with Gasteiger partial charge >= 0.3 is 7.12 Å². The fraction of sp³-hybridized carbons (Fsp3) is 0.175. The number of fused-ring (bicyclic) bond motifs is 10. The summed E-state index contributed by atoms with van der Waals surface area (Å²) in [6.07, 6.45) is 1.86. The van der Waals surface area contributed by atoms with Gasteiger partial charge in [-0.05, 0) is 56.0 Å². The summed E-state index contributed by atoms with van der Waals surface area (Å²) in [5.74, 6) is 1.62. The van der Waals surface area contributed by atoms with Crippen molar-refractivity contribution in [2.75, 3.05) is 0 Å². The molecule has 0 atom stereocenters. The normalized spacial score (nSPS) is 17.8. The summed E-state index contributed by atoms with van der Waals surface area (Å²) < 4.78 is 20.5. The predicted octanol–water partition coefficient (Wildman–Crippen LogP) is 8.67. The standard InChI is InChI=1S/C40H32BNO3/c1-38(2)39(3,4)45-41(44-38)34-23-11-22-33-37(34)43-36-29(28-17-9-13-25-14-12-24-42-35(25)28)18-10-21-32(36)40(33)30-19-7-5-15-26(30)27-16-6-8-20-31(27)40/h5-24H,1-4H3. The summed E-state index contributed by atoms with van der Waals surface area (Å²) >= 11 is 0. The lowest BCUT2D eigenvalue weighted by Gasteiger charge is -2.41. The fourth-order valence-corrected chi connectivity index (χ4v) is 7.66. The van der Waals surface area contributed by atoms with Gasteiger partial charge in [0.2, 0.25) is 0 Å². The quantitative estimate of drug-likeness (QED) is 0.190. The molecule has 2 aliphatic heterocycles. The number of pyridine rings is 1. The van der Waals surface area contributed by atoms with Crippen molar-refractivity contribution in [1.29, 1.82) is 0 Å². The first-order valence-electron chi connectivity index (χ1n) is 15.7. The molecule has 1 aliphatic carbocycles. The Balaban J connectivity index is 1.40. The Labute approximate surface area is 263 Å². The molecule has 1 saturated heterocycles. The molecule has 3 aliphatic rings. The van der Waals surface area contributed by atoms with Crippen LogP contribution >= 0.6 is 0 Å². The minimum Gasteiger partial charge on any atom is -0.456 e. The third kappa shape index (κ3) is 3.48. The molecule has 3 heterocycles. The van der Waals surface area contributed by atoms with Gasteiger partial charge in [0.1, 0.15) is 11.5 Å². The minimum atomic E-state index is -0.607. The van der Waals surface area contributed by atoms with Crippen LogP contribution in [0.1, 0.15) is 49.9 Å². The molecule has 1 aromatic heterocycles. The lowest BCUT2D eigenvalue weighted by atomic mass is 9.63. The maximum absolute atomic E-state index is 7.22. The third-order valence-electron chi connectivity index (χ3n) is 10.5. The number of rotatable bonds is 2. The van der Waals surface area contributed by atoms with Crippen molar-refractivity contribution in [2.24, 2.45) is 0 Å². The van der Waals surface area contributed by atoms with E-state index in [0.717, 1.165) is 50.1 Å². The van der Waals surface area contributed by atoms with Gasteiger partial charge in [0, 0.05) is 39.3 Å². The zero-order valence-electron chi connectivity index (χ0n) is 25.8. The molecule has 6 aromatic rings. The van der Waals surface area contributed by atoms with Crippen LogP contribution in [0.25, 0.3) is 33.2 Å². The van der Waals surface area contributed by atoms with Crippen molar-refractivity contribution in [3.63, 3.8) is 0 Å². The van der Waals surface area contributed by atoms with E-state index in [4.69, 9.17) is 19.0 Å². The molecular formula is C40H32BNO3. The lowest BCUT2D eigenvalue weighted by Crippen LogP contribution is -2.41. The second kappa shape index (κ2) is 9.16. The summed E-state index contributed by atoms with van der Waals surface area (Å²) in [6, 6.07) is 41.1. The molecular weight excluding hydrogens is 553 g/mol. The van der Waals surface area contributed by atoms with Crippen LogP contribution in [0.4, 0.5) is 0 Å². The number of ether oxygens (including phenoxy) is 1. The monoisotopic (exact) mass is 585 g/mol. The van der Waals surface area contributed by atoms with E-state index in [0.29, 0.717) is 0 Å². The van der Waals surface area contributed by atoms with Crippen LogP contribution in [0.3, 0.4) is 0 Å². The Morgan fingerprint density at radius 1 is 0.511 bits per heavy atom. The van der Waals surface area contributed by atoms with Gasteiger partial charge in [-0.2, -0.15) is 0 Å². The molecule has 45 heavy (non-hydrogen) atoms. The molecule has 0 unspecified atom stereocenters. The van der Waals surface area contributed by atoms with Crippen molar-refractivity contribution in [3.05, 3.63) is 144 Å². The molecule has 1 fully saturated rings. The van der Waals surface area contributed by atoms with Crippen molar-refractivity contribution < 1.29 is 14.0 Å². The minimum absolute atomic E-state index is 0.489. The summed E-state index contributed by atoms with van der Waals surface area (Å²) in [6.45, 7) is 8.37. The van der Waals surface area contributed by atoms with Crippen molar-refractivity contribution >= 4 is 23.5 Å². The summed E-state index contributed by atoms with van der Waals surface area (Å²) in [7, 11) is -0.582. The largest absolute Gasteiger partial charge is 0.498 e. The summed E-state index contributed by atoms with van der Waals surface area (Å²) in [5, 5.41) is 1.09. The van der Waals surface area contributed by atoms with Crippen LogP contribution in [0.5, 0.6) is 11.5 Å². The molecule has 0 radical (unpaired) electrons. The molecule has 1 spiro atoms. The smallest absolute Gasteiger partial charge is 0.456 e. The summed E-state index contributed by atoms with van der Waals surface area (Å²) in [5.41, 5.74) is 9.48. The molecule has 0 amide bonds. The van der Waals surface area contributed by atoms with E-state index in [1.807, 2.05) is 12.3 Å². The van der Waals surface area contributed by atoms with E-state index >= 15 is 0 Å². The lowest BCUT2D eigenvalue weighted by molar-refractivity contribution is 0.00578. The van der Waals surface area contributed by atoms with Gasteiger partial charge in [0.05, 0.1) is 22.1 Å². The average molecular weight is 586 g/mol. The van der Waals surface area contributed by atoms with Crippen LogP contribution < -0.4 is 10.2 Å². The Morgan fingerprint density at radius 3 is 1.76 bits per heavy atom. The topological polar surface area (TPSA) is 40.6 Å². The number of aromatic nitrogens is 1. The van der Waals surface area contributed by atoms with E-state index in [1.165, 1.54) is 22.3 Å². The number of para-hydroxylation sites is 3. The highest BCUT2D eigenvalue weighted by atomic mass is 16.7. The van der Waals surface area contributed by atoms with Crippen molar-refractivity contribution in [2.45, 2.75) is 44.3 Å². The first-order valence-corrected chi connectivity index (χ1v) is 15.7. The van der Waals surface area contributed by atoms with Crippen molar-refractivity contribution in [3.8, 4) is 33.8 Å². The number of benzene rings is 5. The highest BCUT2D eigenvalue weighted by Crippen LogP contribution is 2.63. The number of hydrogen-bond acceptors (Lipinski definition) is 4. The second-order valence-electron chi connectivity index (χ2n) is 13.3. The molecule has 0 N–H and O–H groups in total. The van der Waals surface area contributed by atoms with Gasteiger partial charge < -0.3 is 14.0 Å². The van der Waals surface area contributed by atoms with Gasteiger partial charge in [-0.3, -0.25) is 4.98 Å². The zero-order valence-corrected chi connectivity index (χ0v) is 25.8.